The molecule has 0 saturated carbocycles. The van der Waals surface area contributed by atoms with Crippen molar-refractivity contribution >= 4 is 38.2 Å². The molecule has 2 heterocycles. The zero-order valence-corrected chi connectivity index (χ0v) is 20.7. The Labute approximate surface area is 211 Å². The van der Waals surface area contributed by atoms with E-state index in [-0.39, 0.29) is 22.1 Å². The Hall–Kier alpha value is -4.51. The number of nitrogen functional groups attached to an aromatic ring is 1. The Balaban J connectivity index is 1.48. The first kappa shape index (κ1) is 24.2. The van der Waals surface area contributed by atoms with E-state index in [9.17, 15) is 13.2 Å². The van der Waals surface area contributed by atoms with Crippen molar-refractivity contribution in [3.8, 4) is 16.8 Å². The van der Waals surface area contributed by atoms with Gasteiger partial charge in [-0.3, -0.25) is 4.79 Å². The molecule has 9 nitrogen and oxygen atoms in total. The maximum Gasteiger partial charge on any atom is 0.274 e. The molecule has 188 valence electrons. The second kappa shape index (κ2) is 9.17. The number of nitrogens with zero attached hydrogens (tertiary/aromatic N) is 3. The van der Waals surface area contributed by atoms with Crippen LogP contribution in [-0.4, -0.2) is 35.5 Å². The lowest BCUT2D eigenvalue weighted by atomic mass is 10.0. The molecule has 5 rings (SSSR count). The molecule has 0 saturated heterocycles. The molecule has 0 unspecified atom stereocenters. The first-order valence-corrected chi connectivity index (χ1v) is 13.2. The quantitative estimate of drug-likeness (QED) is 0.334. The Bertz CT molecular complexity index is 1780. The molecule has 0 bridgehead atoms. The summed E-state index contributed by atoms with van der Waals surface area (Å²) >= 11 is 0. The molecule has 0 spiro atoms. The molecule has 3 aromatic carbocycles. The highest BCUT2D eigenvalue weighted by atomic mass is 32.2. The van der Waals surface area contributed by atoms with Crippen LogP contribution < -0.4 is 11.1 Å². The lowest BCUT2D eigenvalue weighted by Crippen LogP contribution is -2.17. The number of amides is 1. The molecule has 2 aromatic heterocycles. The summed E-state index contributed by atoms with van der Waals surface area (Å²) in [6.07, 6.45) is 1.67. The van der Waals surface area contributed by atoms with Gasteiger partial charge in [-0.15, -0.1) is 0 Å². The molecule has 0 aliphatic heterocycles. The number of halogens is 1. The van der Waals surface area contributed by atoms with Crippen molar-refractivity contribution in [3.63, 3.8) is 0 Å². The summed E-state index contributed by atoms with van der Waals surface area (Å²) < 4.78 is 46.0. The molecule has 37 heavy (non-hydrogen) atoms. The number of fused-ring (bicyclic) bond motifs is 1. The molecule has 0 atom stereocenters. The summed E-state index contributed by atoms with van der Waals surface area (Å²) in [5, 5.41) is 11.4. The first-order valence-electron chi connectivity index (χ1n) is 11.3. The van der Waals surface area contributed by atoms with Crippen LogP contribution >= 0.6 is 0 Å². The van der Waals surface area contributed by atoms with E-state index < -0.39 is 21.6 Å². The van der Waals surface area contributed by atoms with Crippen molar-refractivity contribution in [2.75, 3.05) is 17.3 Å². The summed E-state index contributed by atoms with van der Waals surface area (Å²) in [5.41, 5.74) is 8.46. The minimum Gasteiger partial charge on any atom is -0.380 e. The number of hydrogen-bond acceptors (Lipinski definition) is 7. The fraction of sp³-hybridized carbons (Fsp3) is 0.115. The van der Waals surface area contributed by atoms with Crippen molar-refractivity contribution in [2.45, 2.75) is 18.2 Å². The van der Waals surface area contributed by atoms with Gasteiger partial charge in [0, 0.05) is 11.8 Å². The fourth-order valence-electron chi connectivity index (χ4n) is 4.04. The van der Waals surface area contributed by atoms with Crippen molar-refractivity contribution in [3.05, 3.63) is 83.9 Å². The van der Waals surface area contributed by atoms with Crippen molar-refractivity contribution < 1.29 is 22.1 Å². The Morgan fingerprint density at radius 1 is 1.11 bits per heavy atom. The van der Waals surface area contributed by atoms with Crippen molar-refractivity contribution in [1.29, 1.82) is 0 Å². The maximum absolute atomic E-state index is 15.1. The van der Waals surface area contributed by atoms with Crippen LogP contribution in [0.4, 0.5) is 15.9 Å². The Morgan fingerprint density at radius 2 is 1.89 bits per heavy atom. The second-order valence-electron chi connectivity index (χ2n) is 8.45. The van der Waals surface area contributed by atoms with Crippen LogP contribution in [0.25, 0.3) is 27.8 Å². The molecule has 0 aliphatic carbocycles. The second-order valence-corrected chi connectivity index (χ2v) is 10.4. The van der Waals surface area contributed by atoms with E-state index in [1.807, 2.05) is 6.92 Å². The number of benzene rings is 3. The van der Waals surface area contributed by atoms with E-state index in [2.05, 4.69) is 15.6 Å². The molecule has 3 N–H and O–H groups in total. The lowest BCUT2D eigenvalue weighted by molar-refractivity contribution is 0.101. The van der Waals surface area contributed by atoms with Gasteiger partial charge in [-0.1, -0.05) is 36.3 Å². The summed E-state index contributed by atoms with van der Waals surface area (Å²) in [6.45, 7) is 1.91. The summed E-state index contributed by atoms with van der Waals surface area (Å²) in [7, 11) is -3.52. The molecular weight excluding hydrogens is 497 g/mol. The standard InChI is InChI=1S/C26H22FN5O4S/c1-3-16-13-22(32(30-16)17-9-11-23-19(14-17)25(28)31-36-23)26(33)29-21-10-8-15(12-20(21)27)18-6-4-5-7-24(18)37(2,34)35/h4-14H,3H2,1-2H3,(H2,28,31)(H,29,33). The highest BCUT2D eigenvalue weighted by Gasteiger charge is 2.20. The molecule has 1 amide bonds. The topological polar surface area (TPSA) is 133 Å². The number of sulfone groups is 1. The van der Waals surface area contributed by atoms with Gasteiger partial charge in [-0.05, 0) is 54.4 Å². The van der Waals surface area contributed by atoms with Crippen LogP contribution in [0, 0.1) is 5.82 Å². The van der Waals surface area contributed by atoms with Crippen LogP contribution in [0.2, 0.25) is 0 Å². The largest absolute Gasteiger partial charge is 0.380 e. The van der Waals surface area contributed by atoms with E-state index in [1.165, 1.54) is 22.9 Å². The third-order valence-corrected chi connectivity index (χ3v) is 7.05. The summed E-state index contributed by atoms with van der Waals surface area (Å²) in [6, 6.07) is 17.2. The van der Waals surface area contributed by atoms with E-state index in [0.717, 1.165) is 6.26 Å². The average Bonchev–Trinajstić information content (AvgIpc) is 3.48. The molecule has 0 fully saturated rings. The van der Waals surface area contributed by atoms with Gasteiger partial charge in [0.15, 0.2) is 21.2 Å². The maximum atomic E-state index is 15.1. The number of nitrogens with two attached hydrogens (primary N) is 1. The lowest BCUT2D eigenvalue weighted by Gasteiger charge is -2.12. The van der Waals surface area contributed by atoms with Gasteiger partial charge >= 0.3 is 0 Å². The minimum absolute atomic E-state index is 0.0601. The van der Waals surface area contributed by atoms with Crippen LogP contribution in [0.3, 0.4) is 0 Å². The van der Waals surface area contributed by atoms with Gasteiger partial charge in [0.25, 0.3) is 5.91 Å². The predicted molar refractivity (Wildman–Crippen MR) is 138 cm³/mol. The third kappa shape index (κ3) is 4.56. The van der Waals surface area contributed by atoms with Gasteiger partial charge in [0.2, 0.25) is 0 Å². The molecular formula is C26H22FN5O4S. The van der Waals surface area contributed by atoms with E-state index in [1.54, 1.807) is 48.5 Å². The normalized spacial score (nSPS) is 11.6. The fourth-order valence-corrected chi connectivity index (χ4v) is 4.95. The van der Waals surface area contributed by atoms with Crippen molar-refractivity contribution in [2.24, 2.45) is 0 Å². The number of aromatic nitrogens is 3. The van der Waals surface area contributed by atoms with Gasteiger partial charge in [0.05, 0.1) is 27.4 Å². The third-order valence-electron chi connectivity index (χ3n) is 5.90. The molecule has 5 aromatic rings. The zero-order chi connectivity index (χ0) is 26.3. The van der Waals surface area contributed by atoms with Crippen LogP contribution in [0.1, 0.15) is 23.1 Å². The van der Waals surface area contributed by atoms with Crippen LogP contribution in [0.5, 0.6) is 0 Å². The van der Waals surface area contributed by atoms with Gasteiger partial charge in [-0.2, -0.15) is 5.10 Å². The van der Waals surface area contributed by atoms with Gasteiger partial charge < -0.3 is 15.6 Å². The summed E-state index contributed by atoms with van der Waals surface area (Å²) in [4.78, 5) is 13.3. The zero-order valence-electron chi connectivity index (χ0n) is 19.9. The molecule has 11 heteroatoms. The molecule has 0 radical (unpaired) electrons. The number of rotatable bonds is 6. The van der Waals surface area contributed by atoms with E-state index in [4.69, 9.17) is 10.3 Å². The number of carbonyl (C=O) groups is 1. The van der Waals surface area contributed by atoms with Crippen LogP contribution in [-0.2, 0) is 16.3 Å². The highest BCUT2D eigenvalue weighted by Crippen LogP contribution is 2.30. The Kier molecular flexibility index (Phi) is 6.00. The van der Waals surface area contributed by atoms with Crippen molar-refractivity contribution in [1.82, 2.24) is 14.9 Å². The Morgan fingerprint density at radius 3 is 2.62 bits per heavy atom. The monoisotopic (exact) mass is 519 g/mol. The first-order chi connectivity index (χ1) is 17.7. The predicted octanol–water partition coefficient (Wildman–Crippen LogP) is 4.62. The number of aryl methyl sites for hydroxylation is 1. The van der Waals surface area contributed by atoms with Gasteiger partial charge in [-0.25, -0.2) is 17.5 Å². The van der Waals surface area contributed by atoms with Crippen LogP contribution in [0.15, 0.2) is 76.1 Å². The SMILES string of the molecule is CCc1cc(C(=O)Nc2ccc(-c3ccccc3S(C)(=O)=O)cc2F)n(-c2ccc3onc(N)c3c2)n1. The highest BCUT2D eigenvalue weighted by molar-refractivity contribution is 7.90. The van der Waals surface area contributed by atoms with E-state index in [0.29, 0.717) is 39.9 Å². The number of nitrogens with one attached hydrogen (secondary N) is 1. The van der Waals surface area contributed by atoms with E-state index >= 15 is 4.39 Å². The minimum atomic E-state index is -3.52. The number of anilines is 2. The summed E-state index contributed by atoms with van der Waals surface area (Å²) in [5.74, 6) is -1.08. The van der Waals surface area contributed by atoms with Gasteiger partial charge in [0.1, 0.15) is 11.5 Å². The molecule has 0 aliphatic rings. The average molecular weight is 520 g/mol. The number of hydrogen-bond donors (Lipinski definition) is 2. The smallest absolute Gasteiger partial charge is 0.274 e. The number of carbonyl (C=O) groups excluding carboxylic acids is 1.